The molecule has 1 fully saturated rings. The highest BCUT2D eigenvalue weighted by Crippen LogP contribution is 2.30. The molecule has 0 spiro atoms. The third kappa shape index (κ3) is 5.55. The van der Waals surface area contributed by atoms with Crippen molar-refractivity contribution in [2.45, 2.75) is 6.04 Å². The van der Waals surface area contributed by atoms with Crippen molar-refractivity contribution in [3.05, 3.63) is 65.7 Å². The quantitative estimate of drug-likeness (QED) is 0.670. The molecule has 1 aliphatic rings. The molecule has 6 heteroatoms. The molecule has 2 N–H and O–H groups in total. The van der Waals surface area contributed by atoms with Crippen molar-refractivity contribution >= 4 is 5.91 Å². The van der Waals surface area contributed by atoms with Gasteiger partial charge in [0.15, 0.2) is 0 Å². The van der Waals surface area contributed by atoms with Gasteiger partial charge in [0, 0.05) is 32.7 Å². The van der Waals surface area contributed by atoms with Crippen LogP contribution in [0.3, 0.4) is 0 Å². The number of carbonyl (C=O) groups is 1. The second-order valence-electron chi connectivity index (χ2n) is 6.98. The van der Waals surface area contributed by atoms with E-state index in [1.54, 1.807) is 7.11 Å². The van der Waals surface area contributed by atoms with E-state index in [2.05, 4.69) is 52.3 Å². The molecule has 2 aromatic carbocycles. The lowest BCUT2D eigenvalue weighted by molar-refractivity contribution is -0.122. The molecule has 2 aromatic rings. The topological polar surface area (TPSA) is 68.0 Å². The molecular formula is C22H29N3O3. The van der Waals surface area contributed by atoms with Crippen LogP contribution in [0, 0.1) is 0 Å². The normalized spacial score (nSPS) is 16.6. The lowest BCUT2D eigenvalue weighted by atomic mass is 9.96. The average Bonchev–Trinajstić information content (AvgIpc) is 2.74. The standard InChI is InChI=1S/C22H29N3O3/c1-27-20-9-7-19(8-10-20)22(18-5-3-2-4-6-18)25-13-11-24(12-14-25)15-16-28-17-21(23)26/h2-10,22H,11-17H2,1H3,(H2,23,26). The number of nitrogens with two attached hydrogens (primary N) is 1. The van der Waals surface area contributed by atoms with Gasteiger partial charge in [-0.15, -0.1) is 0 Å². The van der Waals surface area contributed by atoms with Crippen LogP contribution in [0.4, 0.5) is 0 Å². The maximum absolute atomic E-state index is 10.7. The largest absolute Gasteiger partial charge is 0.497 e. The van der Waals surface area contributed by atoms with E-state index in [4.69, 9.17) is 15.2 Å². The van der Waals surface area contributed by atoms with Crippen LogP contribution < -0.4 is 10.5 Å². The lowest BCUT2D eigenvalue weighted by Gasteiger charge is -2.39. The van der Waals surface area contributed by atoms with E-state index in [9.17, 15) is 4.79 Å². The summed E-state index contributed by atoms with van der Waals surface area (Å²) in [6.07, 6.45) is 0. The Hall–Kier alpha value is -2.41. The highest BCUT2D eigenvalue weighted by atomic mass is 16.5. The number of methoxy groups -OCH3 is 1. The Bertz CT molecular complexity index is 728. The molecule has 0 saturated carbocycles. The third-order valence-corrected chi connectivity index (χ3v) is 5.12. The predicted molar refractivity (Wildman–Crippen MR) is 109 cm³/mol. The molecule has 1 amide bonds. The Kier molecular flexibility index (Phi) is 7.42. The van der Waals surface area contributed by atoms with Crippen LogP contribution >= 0.6 is 0 Å². The van der Waals surface area contributed by atoms with E-state index in [0.29, 0.717) is 6.61 Å². The van der Waals surface area contributed by atoms with Gasteiger partial charge in [0.2, 0.25) is 5.91 Å². The molecule has 1 aliphatic heterocycles. The minimum Gasteiger partial charge on any atom is -0.497 e. The van der Waals surface area contributed by atoms with Crippen molar-refractivity contribution in [2.75, 3.05) is 53.0 Å². The molecule has 1 atom stereocenters. The second-order valence-corrected chi connectivity index (χ2v) is 6.98. The zero-order valence-corrected chi connectivity index (χ0v) is 16.4. The molecule has 1 unspecified atom stereocenters. The van der Waals surface area contributed by atoms with Crippen LogP contribution in [0.15, 0.2) is 54.6 Å². The number of rotatable bonds is 9. The van der Waals surface area contributed by atoms with Gasteiger partial charge < -0.3 is 15.2 Å². The van der Waals surface area contributed by atoms with Gasteiger partial charge in [-0.05, 0) is 23.3 Å². The fourth-order valence-electron chi connectivity index (χ4n) is 3.65. The molecule has 0 bridgehead atoms. The van der Waals surface area contributed by atoms with Crippen molar-refractivity contribution in [1.29, 1.82) is 0 Å². The summed E-state index contributed by atoms with van der Waals surface area (Å²) < 4.78 is 10.6. The molecule has 3 rings (SSSR count). The number of amides is 1. The van der Waals surface area contributed by atoms with Gasteiger partial charge >= 0.3 is 0 Å². The van der Waals surface area contributed by atoms with E-state index in [1.807, 2.05) is 12.1 Å². The lowest BCUT2D eigenvalue weighted by Crippen LogP contribution is -2.48. The van der Waals surface area contributed by atoms with Gasteiger partial charge in [0.05, 0.1) is 19.8 Å². The maximum atomic E-state index is 10.7. The number of benzene rings is 2. The fraction of sp³-hybridized carbons (Fsp3) is 0.409. The summed E-state index contributed by atoms with van der Waals surface area (Å²) in [6, 6.07) is 19.2. The minimum absolute atomic E-state index is 0.00643. The van der Waals surface area contributed by atoms with Crippen LogP contribution in [0.25, 0.3) is 0 Å². The van der Waals surface area contributed by atoms with Gasteiger partial charge in [0.1, 0.15) is 12.4 Å². The fourth-order valence-corrected chi connectivity index (χ4v) is 3.65. The number of primary amides is 1. The van der Waals surface area contributed by atoms with Crippen LogP contribution in [-0.4, -0.2) is 68.8 Å². The molecule has 1 heterocycles. The number of hydrogen-bond donors (Lipinski definition) is 1. The van der Waals surface area contributed by atoms with Crippen LogP contribution in [0.5, 0.6) is 5.75 Å². The Balaban J connectivity index is 1.64. The maximum Gasteiger partial charge on any atom is 0.243 e. The Morgan fingerprint density at radius 3 is 2.25 bits per heavy atom. The summed E-state index contributed by atoms with van der Waals surface area (Å²) in [7, 11) is 1.69. The molecule has 0 aromatic heterocycles. The molecule has 28 heavy (non-hydrogen) atoms. The zero-order valence-electron chi connectivity index (χ0n) is 16.4. The Morgan fingerprint density at radius 2 is 1.64 bits per heavy atom. The Morgan fingerprint density at radius 1 is 1.00 bits per heavy atom. The zero-order chi connectivity index (χ0) is 19.8. The Labute approximate surface area is 166 Å². The first-order valence-electron chi connectivity index (χ1n) is 9.68. The van der Waals surface area contributed by atoms with E-state index < -0.39 is 5.91 Å². The first kappa shape index (κ1) is 20.3. The van der Waals surface area contributed by atoms with Crippen LogP contribution in [0.2, 0.25) is 0 Å². The number of hydrogen-bond acceptors (Lipinski definition) is 5. The first-order valence-corrected chi connectivity index (χ1v) is 9.68. The number of piperazine rings is 1. The minimum atomic E-state index is -0.421. The molecule has 0 aliphatic carbocycles. The summed E-state index contributed by atoms with van der Waals surface area (Å²) in [4.78, 5) is 15.6. The summed E-state index contributed by atoms with van der Waals surface area (Å²) in [5.41, 5.74) is 7.67. The SMILES string of the molecule is COc1ccc(C(c2ccccc2)N2CCN(CCOCC(N)=O)CC2)cc1. The van der Waals surface area contributed by atoms with Gasteiger partial charge in [0.25, 0.3) is 0 Å². The van der Waals surface area contributed by atoms with E-state index in [1.165, 1.54) is 11.1 Å². The van der Waals surface area contributed by atoms with Crippen molar-refractivity contribution in [3.63, 3.8) is 0 Å². The smallest absolute Gasteiger partial charge is 0.243 e. The van der Waals surface area contributed by atoms with E-state index >= 15 is 0 Å². The summed E-state index contributed by atoms with van der Waals surface area (Å²) in [5, 5.41) is 0. The number of carbonyl (C=O) groups excluding carboxylic acids is 1. The van der Waals surface area contributed by atoms with Crippen molar-refractivity contribution in [2.24, 2.45) is 5.73 Å². The van der Waals surface area contributed by atoms with Crippen molar-refractivity contribution in [3.8, 4) is 5.75 Å². The summed E-state index contributed by atoms with van der Waals surface area (Å²) >= 11 is 0. The number of ether oxygens (including phenoxy) is 2. The van der Waals surface area contributed by atoms with Crippen molar-refractivity contribution in [1.82, 2.24) is 9.80 Å². The third-order valence-electron chi connectivity index (χ3n) is 5.12. The molecule has 6 nitrogen and oxygen atoms in total. The van der Waals surface area contributed by atoms with Crippen LogP contribution in [-0.2, 0) is 9.53 Å². The second kappa shape index (κ2) is 10.2. The molecule has 150 valence electrons. The highest BCUT2D eigenvalue weighted by Gasteiger charge is 2.26. The van der Waals surface area contributed by atoms with Gasteiger partial charge in [-0.25, -0.2) is 0 Å². The van der Waals surface area contributed by atoms with E-state index in [-0.39, 0.29) is 12.6 Å². The molecular weight excluding hydrogens is 354 g/mol. The summed E-state index contributed by atoms with van der Waals surface area (Å²) in [5.74, 6) is 0.450. The van der Waals surface area contributed by atoms with Crippen molar-refractivity contribution < 1.29 is 14.3 Å². The summed E-state index contributed by atoms with van der Waals surface area (Å²) in [6.45, 7) is 5.23. The van der Waals surface area contributed by atoms with E-state index in [0.717, 1.165) is 38.5 Å². The average molecular weight is 383 g/mol. The van der Waals surface area contributed by atoms with Crippen LogP contribution in [0.1, 0.15) is 17.2 Å². The first-order chi connectivity index (χ1) is 13.7. The molecule has 0 radical (unpaired) electrons. The van der Waals surface area contributed by atoms with Gasteiger partial charge in [-0.3, -0.25) is 14.6 Å². The van der Waals surface area contributed by atoms with Gasteiger partial charge in [-0.2, -0.15) is 0 Å². The highest BCUT2D eigenvalue weighted by molar-refractivity contribution is 5.74. The monoisotopic (exact) mass is 383 g/mol. The predicted octanol–water partition coefficient (Wildman–Crippen LogP) is 1.90. The number of nitrogens with zero attached hydrogens (tertiary/aromatic N) is 2. The van der Waals surface area contributed by atoms with Gasteiger partial charge in [-0.1, -0.05) is 42.5 Å². The molecule has 1 saturated heterocycles.